The van der Waals surface area contributed by atoms with Crippen molar-refractivity contribution in [3.8, 4) is 17.2 Å². The van der Waals surface area contributed by atoms with E-state index >= 15 is 0 Å². The summed E-state index contributed by atoms with van der Waals surface area (Å²) in [5.74, 6) is 0.919. The van der Waals surface area contributed by atoms with E-state index in [4.69, 9.17) is 14.2 Å². The maximum absolute atomic E-state index is 12.5. The van der Waals surface area contributed by atoms with Crippen LogP contribution < -0.4 is 14.2 Å². The molecular formula is C20H18O6. The van der Waals surface area contributed by atoms with E-state index in [0.717, 1.165) is 5.56 Å². The Hall–Kier alpha value is -3.28. The highest BCUT2D eigenvalue weighted by atomic mass is 16.6. The average molecular weight is 354 g/mol. The van der Waals surface area contributed by atoms with Crippen LogP contribution in [0.4, 0.5) is 0 Å². The summed E-state index contributed by atoms with van der Waals surface area (Å²) in [5, 5.41) is 0. The van der Waals surface area contributed by atoms with Gasteiger partial charge in [-0.2, -0.15) is 0 Å². The maximum atomic E-state index is 12.5. The zero-order valence-electron chi connectivity index (χ0n) is 14.6. The molecule has 0 unspecified atom stereocenters. The van der Waals surface area contributed by atoms with Crippen LogP contribution in [0.5, 0.6) is 17.2 Å². The lowest BCUT2D eigenvalue weighted by atomic mass is 10.1. The Morgan fingerprint density at radius 2 is 1.92 bits per heavy atom. The van der Waals surface area contributed by atoms with E-state index in [0.29, 0.717) is 22.8 Å². The number of Topliss-reactive ketones (excluding diaryl/α,β-unsaturated/α-hetero) is 1. The molecule has 2 aromatic carbocycles. The van der Waals surface area contributed by atoms with Gasteiger partial charge in [0.25, 0.3) is 0 Å². The Balaban J connectivity index is 1.85. The third-order valence-electron chi connectivity index (χ3n) is 3.91. The molecule has 6 heteroatoms. The summed E-state index contributed by atoms with van der Waals surface area (Å²) in [4.78, 5) is 24.0. The van der Waals surface area contributed by atoms with Crippen LogP contribution in [0.2, 0.25) is 0 Å². The van der Waals surface area contributed by atoms with Gasteiger partial charge in [-0.25, -0.2) is 4.79 Å². The van der Waals surface area contributed by atoms with Crippen molar-refractivity contribution in [1.29, 1.82) is 0 Å². The maximum Gasteiger partial charge on any atom is 0.346 e. The molecule has 6 nitrogen and oxygen atoms in total. The molecule has 3 rings (SSSR count). The molecule has 0 bridgehead atoms. The van der Waals surface area contributed by atoms with E-state index in [1.54, 1.807) is 44.4 Å². The lowest BCUT2D eigenvalue weighted by Crippen LogP contribution is -2.24. The second-order valence-corrected chi connectivity index (χ2v) is 5.62. The van der Waals surface area contributed by atoms with Crippen LogP contribution in [0.1, 0.15) is 22.8 Å². The Labute approximate surface area is 150 Å². The lowest BCUT2D eigenvalue weighted by molar-refractivity contribution is -0.147. The number of allylic oxidation sites excluding steroid dienone is 1. The van der Waals surface area contributed by atoms with Crippen LogP contribution in [-0.2, 0) is 9.53 Å². The second kappa shape index (κ2) is 7.31. The van der Waals surface area contributed by atoms with Gasteiger partial charge in [0.15, 0.2) is 11.9 Å². The monoisotopic (exact) mass is 354 g/mol. The number of methoxy groups -OCH3 is 2. The molecule has 0 amide bonds. The van der Waals surface area contributed by atoms with Crippen molar-refractivity contribution in [1.82, 2.24) is 0 Å². The average Bonchev–Trinajstić information content (AvgIpc) is 2.96. The first-order chi connectivity index (χ1) is 12.5. The summed E-state index contributed by atoms with van der Waals surface area (Å²) < 4.78 is 21.1. The second-order valence-electron chi connectivity index (χ2n) is 5.62. The molecule has 0 saturated heterocycles. The van der Waals surface area contributed by atoms with E-state index < -0.39 is 12.1 Å². The van der Waals surface area contributed by atoms with Gasteiger partial charge >= 0.3 is 5.97 Å². The SMILES string of the molecule is COC(=O)[C@H](C)Oc1ccc2c(c1)OC(=Cc1ccccc1OC)C2=O. The van der Waals surface area contributed by atoms with Gasteiger partial charge < -0.3 is 18.9 Å². The molecular weight excluding hydrogens is 336 g/mol. The minimum atomic E-state index is -0.765. The summed E-state index contributed by atoms with van der Waals surface area (Å²) in [6.45, 7) is 1.58. The number of carbonyl (C=O) groups is 2. The highest BCUT2D eigenvalue weighted by molar-refractivity contribution is 6.14. The third kappa shape index (κ3) is 3.39. The minimum absolute atomic E-state index is 0.197. The largest absolute Gasteiger partial charge is 0.496 e. The topological polar surface area (TPSA) is 71.1 Å². The van der Waals surface area contributed by atoms with Crippen molar-refractivity contribution in [3.63, 3.8) is 0 Å². The molecule has 1 heterocycles. The van der Waals surface area contributed by atoms with Crippen molar-refractivity contribution in [2.75, 3.05) is 14.2 Å². The molecule has 1 atom stereocenters. The van der Waals surface area contributed by atoms with Gasteiger partial charge in [0.05, 0.1) is 19.8 Å². The van der Waals surface area contributed by atoms with Gasteiger partial charge in [-0.1, -0.05) is 18.2 Å². The number of ether oxygens (including phenoxy) is 4. The van der Waals surface area contributed by atoms with Crippen LogP contribution in [0.25, 0.3) is 6.08 Å². The number of carbonyl (C=O) groups excluding carboxylic acids is 2. The fourth-order valence-corrected chi connectivity index (χ4v) is 2.59. The Morgan fingerprint density at radius 1 is 1.15 bits per heavy atom. The minimum Gasteiger partial charge on any atom is -0.496 e. The molecule has 2 aromatic rings. The van der Waals surface area contributed by atoms with Crippen LogP contribution in [-0.4, -0.2) is 32.1 Å². The number of hydrogen-bond donors (Lipinski definition) is 0. The molecule has 0 spiro atoms. The number of rotatable bonds is 5. The number of benzene rings is 2. The first kappa shape index (κ1) is 17.5. The van der Waals surface area contributed by atoms with E-state index in [-0.39, 0.29) is 11.5 Å². The van der Waals surface area contributed by atoms with Crippen molar-refractivity contribution in [2.24, 2.45) is 0 Å². The number of para-hydroxylation sites is 1. The summed E-state index contributed by atoms with van der Waals surface area (Å²) in [6, 6.07) is 12.1. The zero-order valence-corrected chi connectivity index (χ0v) is 14.6. The smallest absolute Gasteiger partial charge is 0.346 e. The van der Waals surface area contributed by atoms with Gasteiger partial charge in [-0.15, -0.1) is 0 Å². The molecule has 0 saturated carbocycles. The van der Waals surface area contributed by atoms with Crippen molar-refractivity contribution < 1.29 is 28.5 Å². The summed E-state index contributed by atoms with van der Waals surface area (Å²) in [6.07, 6.45) is 0.873. The van der Waals surface area contributed by atoms with Gasteiger partial charge in [-0.3, -0.25) is 4.79 Å². The van der Waals surface area contributed by atoms with Crippen LogP contribution in [0.15, 0.2) is 48.2 Å². The van der Waals surface area contributed by atoms with E-state index in [1.165, 1.54) is 7.11 Å². The molecule has 0 aliphatic carbocycles. The first-order valence-corrected chi connectivity index (χ1v) is 7.99. The molecule has 134 valence electrons. The van der Waals surface area contributed by atoms with E-state index in [2.05, 4.69) is 4.74 Å². The summed E-state index contributed by atoms with van der Waals surface area (Å²) >= 11 is 0. The lowest BCUT2D eigenvalue weighted by Gasteiger charge is -2.12. The van der Waals surface area contributed by atoms with Crippen LogP contribution in [0, 0.1) is 0 Å². The molecule has 1 aliphatic heterocycles. The van der Waals surface area contributed by atoms with Gasteiger partial charge in [0, 0.05) is 11.6 Å². The van der Waals surface area contributed by atoms with Gasteiger partial charge in [0.1, 0.15) is 17.2 Å². The zero-order chi connectivity index (χ0) is 18.7. The van der Waals surface area contributed by atoms with Crippen molar-refractivity contribution >= 4 is 17.8 Å². The number of hydrogen-bond acceptors (Lipinski definition) is 6. The standard InChI is InChI=1S/C20H18O6/c1-12(20(22)24-3)25-14-8-9-15-17(11-14)26-18(19(15)21)10-13-6-4-5-7-16(13)23-2/h4-12H,1-3H3/t12-/m0/s1. The van der Waals surface area contributed by atoms with E-state index in [1.807, 2.05) is 18.2 Å². The Bertz CT molecular complexity index is 884. The van der Waals surface area contributed by atoms with Crippen LogP contribution in [0.3, 0.4) is 0 Å². The number of ketones is 1. The highest BCUT2D eigenvalue weighted by Gasteiger charge is 2.28. The van der Waals surface area contributed by atoms with E-state index in [9.17, 15) is 9.59 Å². The molecule has 0 radical (unpaired) electrons. The first-order valence-electron chi connectivity index (χ1n) is 7.99. The molecule has 0 aromatic heterocycles. The van der Waals surface area contributed by atoms with Crippen LogP contribution >= 0.6 is 0 Å². The molecule has 0 fully saturated rings. The highest BCUT2D eigenvalue weighted by Crippen LogP contribution is 2.35. The quantitative estimate of drug-likeness (QED) is 0.606. The predicted molar refractivity (Wildman–Crippen MR) is 94.5 cm³/mol. The Morgan fingerprint density at radius 3 is 2.65 bits per heavy atom. The van der Waals surface area contributed by atoms with Crippen molar-refractivity contribution in [3.05, 3.63) is 59.4 Å². The molecule has 0 N–H and O–H groups in total. The fourth-order valence-electron chi connectivity index (χ4n) is 2.59. The number of fused-ring (bicyclic) bond motifs is 1. The van der Waals surface area contributed by atoms with Crippen molar-refractivity contribution in [2.45, 2.75) is 13.0 Å². The Kier molecular flexibility index (Phi) is 4.93. The molecule has 26 heavy (non-hydrogen) atoms. The fraction of sp³-hybridized carbons (Fsp3) is 0.200. The predicted octanol–water partition coefficient (Wildman–Crippen LogP) is 3.25. The van der Waals surface area contributed by atoms with Gasteiger partial charge in [-0.05, 0) is 31.2 Å². The third-order valence-corrected chi connectivity index (χ3v) is 3.91. The summed E-state index contributed by atoms with van der Waals surface area (Å²) in [7, 11) is 2.86. The number of esters is 1. The molecule has 1 aliphatic rings. The van der Waals surface area contributed by atoms with Gasteiger partial charge in [0.2, 0.25) is 5.78 Å². The normalized spacial score (nSPS) is 15.2. The summed E-state index contributed by atoms with van der Waals surface area (Å²) in [5.41, 5.74) is 1.17.